The van der Waals surface area contributed by atoms with Gasteiger partial charge in [-0.05, 0) is 36.6 Å². The smallest absolute Gasteiger partial charge is 0.269 e. The molecule has 0 unspecified atom stereocenters. The molecule has 3 heterocycles. The molecule has 0 atom stereocenters. The molecule has 0 aliphatic rings. The first kappa shape index (κ1) is 19.5. The molecule has 4 rings (SSSR count). The highest BCUT2D eigenvalue weighted by Gasteiger charge is 2.19. The zero-order valence-corrected chi connectivity index (χ0v) is 16.7. The number of pyridine rings is 1. The minimum absolute atomic E-state index is 0.0289. The predicted octanol–water partition coefficient (Wildman–Crippen LogP) is 4.01. The first-order valence-electron chi connectivity index (χ1n) is 9.10. The number of non-ortho nitro benzene ring substituents is 1. The Balaban J connectivity index is 1.45. The van der Waals surface area contributed by atoms with E-state index in [-0.39, 0.29) is 11.6 Å². The van der Waals surface area contributed by atoms with Crippen molar-refractivity contribution >= 4 is 39.7 Å². The van der Waals surface area contributed by atoms with Crippen molar-refractivity contribution in [3.63, 3.8) is 0 Å². The molecular formula is C20H17N5O4S. The van der Waals surface area contributed by atoms with Gasteiger partial charge in [-0.15, -0.1) is 11.3 Å². The van der Waals surface area contributed by atoms with E-state index in [1.807, 2.05) is 17.5 Å². The minimum Gasteiger partial charge on any atom is -0.383 e. The summed E-state index contributed by atoms with van der Waals surface area (Å²) in [6.07, 6.45) is 0. The number of thiophene rings is 1. The van der Waals surface area contributed by atoms with Crippen LogP contribution < -0.4 is 10.6 Å². The van der Waals surface area contributed by atoms with E-state index < -0.39 is 4.92 Å². The molecule has 1 amide bonds. The van der Waals surface area contributed by atoms with Crippen molar-refractivity contribution < 1.29 is 14.2 Å². The van der Waals surface area contributed by atoms with E-state index >= 15 is 0 Å². The van der Waals surface area contributed by atoms with Crippen LogP contribution in [0.4, 0.5) is 11.4 Å². The number of nitro groups is 1. The van der Waals surface area contributed by atoms with E-state index in [1.54, 1.807) is 25.1 Å². The molecule has 152 valence electrons. The minimum atomic E-state index is -0.448. The van der Waals surface area contributed by atoms with E-state index in [0.717, 1.165) is 10.6 Å². The van der Waals surface area contributed by atoms with Gasteiger partial charge in [-0.3, -0.25) is 14.9 Å². The number of hydrogen-bond acceptors (Lipinski definition) is 8. The number of aromatic nitrogens is 2. The van der Waals surface area contributed by atoms with Crippen molar-refractivity contribution in [3.05, 3.63) is 69.2 Å². The van der Waals surface area contributed by atoms with Crippen molar-refractivity contribution in [1.82, 2.24) is 15.5 Å². The van der Waals surface area contributed by atoms with Crippen LogP contribution in [0.3, 0.4) is 0 Å². The third-order valence-corrected chi connectivity index (χ3v) is 5.35. The van der Waals surface area contributed by atoms with E-state index in [4.69, 9.17) is 4.52 Å². The lowest BCUT2D eigenvalue weighted by atomic mass is 10.1. The Hall–Kier alpha value is -3.79. The lowest BCUT2D eigenvalue weighted by Gasteiger charge is -2.09. The molecule has 4 aromatic rings. The zero-order chi connectivity index (χ0) is 21.1. The second kappa shape index (κ2) is 8.29. The van der Waals surface area contributed by atoms with Gasteiger partial charge in [0.25, 0.3) is 17.3 Å². The summed E-state index contributed by atoms with van der Waals surface area (Å²) in [5.74, 6) is -0.253. The Morgan fingerprint density at radius 3 is 2.73 bits per heavy atom. The summed E-state index contributed by atoms with van der Waals surface area (Å²) >= 11 is 1.53. The second-order valence-corrected chi connectivity index (χ2v) is 7.41. The van der Waals surface area contributed by atoms with Gasteiger partial charge in [-0.2, -0.15) is 0 Å². The monoisotopic (exact) mass is 423 g/mol. The third-order valence-electron chi connectivity index (χ3n) is 4.45. The molecule has 0 aliphatic carbocycles. The lowest BCUT2D eigenvalue weighted by molar-refractivity contribution is -0.384. The van der Waals surface area contributed by atoms with E-state index in [2.05, 4.69) is 20.8 Å². The fraction of sp³-hybridized carbons (Fsp3) is 0.150. The Morgan fingerprint density at radius 2 is 2.03 bits per heavy atom. The van der Waals surface area contributed by atoms with Crippen LogP contribution in [0, 0.1) is 17.0 Å². The summed E-state index contributed by atoms with van der Waals surface area (Å²) in [7, 11) is 0. The quantitative estimate of drug-likeness (QED) is 0.261. The highest BCUT2D eigenvalue weighted by molar-refractivity contribution is 7.13. The highest BCUT2D eigenvalue weighted by atomic mass is 32.1. The number of aryl methyl sites for hydroxylation is 1. The molecule has 2 N–H and O–H groups in total. The van der Waals surface area contributed by atoms with Crippen LogP contribution in [0.1, 0.15) is 16.1 Å². The summed E-state index contributed by atoms with van der Waals surface area (Å²) in [5, 5.41) is 23.2. The molecular weight excluding hydrogens is 406 g/mol. The van der Waals surface area contributed by atoms with Gasteiger partial charge in [0, 0.05) is 30.9 Å². The van der Waals surface area contributed by atoms with Crippen LogP contribution in [0.15, 0.2) is 52.4 Å². The van der Waals surface area contributed by atoms with Gasteiger partial charge in [-0.1, -0.05) is 11.2 Å². The molecule has 0 aliphatic heterocycles. The average Bonchev–Trinajstić information content (AvgIpc) is 3.41. The van der Waals surface area contributed by atoms with Gasteiger partial charge in [0.1, 0.15) is 0 Å². The Kier molecular flexibility index (Phi) is 5.40. The fourth-order valence-electron chi connectivity index (χ4n) is 3.00. The first-order chi connectivity index (χ1) is 14.5. The van der Waals surface area contributed by atoms with Crippen LogP contribution in [0.2, 0.25) is 0 Å². The van der Waals surface area contributed by atoms with Crippen LogP contribution >= 0.6 is 11.3 Å². The van der Waals surface area contributed by atoms with Crippen LogP contribution in [-0.2, 0) is 0 Å². The van der Waals surface area contributed by atoms with E-state index in [9.17, 15) is 14.9 Å². The maximum Gasteiger partial charge on any atom is 0.269 e. The molecule has 0 spiro atoms. The van der Waals surface area contributed by atoms with Gasteiger partial charge in [0.2, 0.25) is 0 Å². The summed E-state index contributed by atoms with van der Waals surface area (Å²) in [4.78, 5) is 28.5. The van der Waals surface area contributed by atoms with Crippen molar-refractivity contribution in [2.75, 3.05) is 18.4 Å². The van der Waals surface area contributed by atoms with Crippen LogP contribution in [0.5, 0.6) is 0 Å². The van der Waals surface area contributed by atoms with Gasteiger partial charge in [0.15, 0.2) is 0 Å². The molecule has 0 bridgehead atoms. The van der Waals surface area contributed by atoms with E-state index in [1.165, 1.54) is 23.5 Å². The summed E-state index contributed by atoms with van der Waals surface area (Å²) < 4.78 is 5.29. The number of carbonyl (C=O) groups excluding carboxylic acids is 1. The van der Waals surface area contributed by atoms with Gasteiger partial charge < -0.3 is 15.2 Å². The first-order valence-corrected chi connectivity index (χ1v) is 9.98. The number of rotatable bonds is 7. The van der Waals surface area contributed by atoms with Gasteiger partial charge in [-0.25, -0.2) is 4.98 Å². The SMILES string of the molecule is Cc1noc2nc(-c3cccs3)cc(C(=O)NCCNc3ccc([N+](=O)[O-])cc3)c12. The van der Waals surface area contributed by atoms with Crippen molar-refractivity contribution in [3.8, 4) is 10.6 Å². The topological polar surface area (TPSA) is 123 Å². The Morgan fingerprint density at radius 1 is 1.23 bits per heavy atom. The largest absolute Gasteiger partial charge is 0.383 e. The summed E-state index contributed by atoms with van der Waals surface area (Å²) in [6, 6.07) is 11.7. The lowest BCUT2D eigenvalue weighted by Crippen LogP contribution is -2.29. The average molecular weight is 423 g/mol. The van der Waals surface area contributed by atoms with Gasteiger partial charge in [0.05, 0.1) is 32.1 Å². The van der Waals surface area contributed by atoms with Crippen LogP contribution in [-0.4, -0.2) is 34.1 Å². The molecule has 1 aromatic carbocycles. The van der Waals surface area contributed by atoms with Crippen molar-refractivity contribution in [2.24, 2.45) is 0 Å². The number of hydrogen-bond donors (Lipinski definition) is 2. The number of amides is 1. The summed E-state index contributed by atoms with van der Waals surface area (Å²) in [6.45, 7) is 2.59. The molecule has 3 aromatic heterocycles. The Bertz CT molecular complexity index is 1200. The predicted molar refractivity (Wildman–Crippen MR) is 114 cm³/mol. The molecule has 0 saturated heterocycles. The zero-order valence-electron chi connectivity index (χ0n) is 15.9. The normalized spacial score (nSPS) is 10.8. The third kappa shape index (κ3) is 3.98. The van der Waals surface area contributed by atoms with Gasteiger partial charge >= 0.3 is 0 Å². The number of fused-ring (bicyclic) bond motifs is 1. The number of nitro benzene ring substituents is 1. The van der Waals surface area contributed by atoms with E-state index in [0.29, 0.717) is 41.1 Å². The second-order valence-electron chi connectivity index (χ2n) is 6.47. The highest BCUT2D eigenvalue weighted by Crippen LogP contribution is 2.29. The molecule has 10 heteroatoms. The molecule has 0 saturated carbocycles. The number of benzene rings is 1. The van der Waals surface area contributed by atoms with Crippen molar-refractivity contribution in [2.45, 2.75) is 6.92 Å². The molecule has 30 heavy (non-hydrogen) atoms. The number of nitrogens with zero attached hydrogens (tertiary/aromatic N) is 3. The summed E-state index contributed by atoms with van der Waals surface area (Å²) in [5.41, 5.74) is 2.80. The maximum absolute atomic E-state index is 12.9. The molecule has 9 nitrogen and oxygen atoms in total. The molecule has 0 fully saturated rings. The maximum atomic E-state index is 12.9. The fourth-order valence-corrected chi connectivity index (χ4v) is 3.69. The number of nitrogens with one attached hydrogen (secondary N) is 2. The molecule has 0 radical (unpaired) electrons. The standard InChI is InChI=1S/C20H17N5O4S/c1-12-18-15(11-16(17-3-2-10-30-17)23-20(18)29-24-12)19(26)22-9-8-21-13-4-6-14(7-5-13)25(27)28/h2-7,10-11,21H,8-9H2,1H3,(H,22,26). The van der Waals surface area contributed by atoms with Crippen molar-refractivity contribution in [1.29, 1.82) is 0 Å². The number of carbonyl (C=O) groups is 1. The van der Waals surface area contributed by atoms with Crippen LogP contribution in [0.25, 0.3) is 21.7 Å². The number of anilines is 1. The Labute approximate surface area is 174 Å².